The minimum absolute atomic E-state index is 0.230. The van der Waals surface area contributed by atoms with E-state index >= 15 is 0 Å². The summed E-state index contributed by atoms with van der Waals surface area (Å²) in [6.45, 7) is 1.74. The highest BCUT2D eigenvalue weighted by Crippen LogP contribution is 2.28. The molecule has 0 radical (unpaired) electrons. The average Bonchev–Trinajstić information content (AvgIpc) is 2.45. The number of nitrogens with zero attached hydrogens (tertiary/aromatic N) is 3. The third kappa shape index (κ3) is 3.53. The van der Waals surface area contributed by atoms with Gasteiger partial charge in [-0.1, -0.05) is 6.07 Å². The van der Waals surface area contributed by atoms with Gasteiger partial charge in [0.2, 0.25) is 0 Å². The maximum Gasteiger partial charge on any atom is 0.417 e. The van der Waals surface area contributed by atoms with Gasteiger partial charge in [0.15, 0.2) is 0 Å². The van der Waals surface area contributed by atoms with Crippen LogP contribution in [0.2, 0.25) is 0 Å². The molecule has 0 aliphatic heterocycles. The van der Waals surface area contributed by atoms with Crippen molar-refractivity contribution in [1.29, 1.82) is 0 Å². The molecule has 1 N–H and O–H groups in total. The second kappa shape index (κ2) is 5.68. The standard InChI is InChI=1S/C13H11F3N4/c1-9(11-4-2-3-7-17-11)19-20-12-6-5-10(8-18-12)13(14,15)16/h2-8H,1H3,(H,18,20)/b19-9-. The highest BCUT2D eigenvalue weighted by atomic mass is 19.4. The van der Waals surface area contributed by atoms with Crippen LogP contribution in [0.3, 0.4) is 0 Å². The largest absolute Gasteiger partial charge is 0.417 e. The number of nitrogens with one attached hydrogen (secondary N) is 1. The fourth-order valence-corrected chi connectivity index (χ4v) is 1.40. The van der Waals surface area contributed by atoms with Crippen LogP contribution in [-0.4, -0.2) is 15.7 Å². The molecule has 0 amide bonds. The van der Waals surface area contributed by atoms with Crippen LogP contribution >= 0.6 is 0 Å². The Morgan fingerprint density at radius 3 is 2.50 bits per heavy atom. The van der Waals surface area contributed by atoms with E-state index < -0.39 is 11.7 Å². The van der Waals surface area contributed by atoms with Crippen LogP contribution in [0, 0.1) is 0 Å². The summed E-state index contributed by atoms with van der Waals surface area (Å²) in [5.41, 5.74) is 3.07. The first-order valence-electron chi connectivity index (χ1n) is 5.72. The number of pyridine rings is 2. The quantitative estimate of drug-likeness (QED) is 0.693. The summed E-state index contributed by atoms with van der Waals surface area (Å²) < 4.78 is 37.1. The SMILES string of the molecule is C/C(=N/Nc1ccc(C(F)(F)F)cn1)c1ccccn1. The zero-order valence-electron chi connectivity index (χ0n) is 10.5. The van der Waals surface area contributed by atoms with E-state index in [4.69, 9.17) is 0 Å². The number of aromatic nitrogens is 2. The molecule has 0 spiro atoms. The predicted molar refractivity (Wildman–Crippen MR) is 69.3 cm³/mol. The van der Waals surface area contributed by atoms with Crippen LogP contribution in [-0.2, 0) is 6.18 Å². The Balaban J connectivity index is 2.08. The molecule has 2 aromatic rings. The van der Waals surface area contributed by atoms with Gasteiger partial charge >= 0.3 is 6.18 Å². The molecule has 0 aliphatic carbocycles. The van der Waals surface area contributed by atoms with Crippen molar-refractivity contribution in [2.75, 3.05) is 5.43 Å². The third-order valence-corrected chi connectivity index (χ3v) is 2.46. The van der Waals surface area contributed by atoms with Gasteiger partial charge in [-0.25, -0.2) is 4.98 Å². The van der Waals surface area contributed by atoms with Gasteiger partial charge in [0.05, 0.1) is 17.0 Å². The fourth-order valence-electron chi connectivity index (χ4n) is 1.40. The number of hydrogen-bond acceptors (Lipinski definition) is 4. The number of hydrogen-bond donors (Lipinski definition) is 1. The van der Waals surface area contributed by atoms with Crippen molar-refractivity contribution in [1.82, 2.24) is 9.97 Å². The summed E-state index contributed by atoms with van der Waals surface area (Å²) in [5, 5.41) is 4.02. The smallest absolute Gasteiger partial charge is 0.261 e. The average molecular weight is 280 g/mol. The van der Waals surface area contributed by atoms with Gasteiger partial charge in [-0.3, -0.25) is 10.4 Å². The van der Waals surface area contributed by atoms with E-state index in [1.165, 1.54) is 6.07 Å². The van der Waals surface area contributed by atoms with Gasteiger partial charge in [-0.05, 0) is 31.2 Å². The Kier molecular flexibility index (Phi) is 3.97. The molecule has 0 unspecified atom stereocenters. The summed E-state index contributed by atoms with van der Waals surface area (Å²) in [6.07, 6.45) is -2.00. The molecule has 4 nitrogen and oxygen atoms in total. The molecule has 2 heterocycles. The van der Waals surface area contributed by atoms with Crippen molar-refractivity contribution >= 4 is 11.5 Å². The molecular formula is C13H11F3N4. The summed E-state index contributed by atoms with van der Waals surface area (Å²) in [5.74, 6) is 0.230. The molecule has 0 aliphatic rings. The lowest BCUT2D eigenvalue weighted by molar-refractivity contribution is -0.137. The van der Waals surface area contributed by atoms with Crippen LogP contribution in [0.4, 0.5) is 19.0 Å². The Labute approximate surface area is 113 Å². The minimum Gasteiger partial charge on any atom is -0.261 e. The Morgan fingerprint density at radius 1 is 1.15 bits per heavy atom. The molecule has 0 saturated carbocycles. The topological polar surface area (TPSA) is 50.2 Å². The molecule has 2 rings (SSSR count). The lowest BCUT2D eigenvalue weighted by atomic mass is 10.3. The van der Waals surface area contributed by atoms with Gasteiger partial charge in [0.25, 0.3) is 0 Å². The molecular weight excluding hydrogens is 269 g/mol. The zero-order chi connectivity index (χ0) is 14.6. The molecule has 7 heteroatoms. The van der Waals surface area contributed by atoms with Crippen molar-refractivity contribution in [3.63, 3.8) is 0 Å². The number of hydrazone groups is 1. The first-order valence-corrected chi connectivity index (χ1v) is 5.72. The maximum absolute atomic E-state index is 12.4. The number of anilines is 1. The van der Waals surface area contributed by atoms with Gasteiger partial charge in [-0.15, -0.1) is 0 Å². The Hall–Kier alpha value is -2.44. The summed E-state index contributed by atoms with van der Waals surface area (Å²) in [4.78, 5) is 7.75. The normalized spacial score (nSPS) is 12.3. The predicted octanol–water partition coefficient (Wildman–Crippen LogP) is 3.33. The fraction of sp³-hybridized carbons (Fsp3) is 0.154. The molecule has 0 fully saturated rings. The highest BCUT2D eigenvalue weighted by molar-refractivity contribution is 5.97. The van der Waals surface area contributed by atoms with Crippen molar-refractivity contribution in [3.8, 4) is 0 Å². The molecule has 2 aromatic heterocycles. The number of alkyl halides is 3. The van der Waals surface area contributed by atoms with Crippen LogP contribution in [0.15, 0.2) is 47.8 Å². The van der Waals surface area contributed by atoms with E-state index in [0.29, 0.717) is 11.4 Å². The molecule has 0 atom stereocenters. The third-order valence-electron chi connectivity index (χ3n) is 2.46. The van der Waals surface area contributed by atoms with E-state index in [-0.39, 0.29) is 5.82 Å². The van der Waals surface area contributed by atoms with Gasteiger partial charge in [0.1, 0.15) is 5.82 Å². The Morgan fingerprint density at radius 2 is 1.95 bits per heavy atom. The minimum atomic E-state index is -4.39. The van der Waals surface area contributed by atoms with E-state index in [9.17, 15) is 13.2 Å². The van der Waals surface area contributed by atoms with Crippen molar-refractivity contribution in [3.05, 3.63) is 54.0 Å². The van der Waals surface area contributed by atoms with Crippen molar-refractivity contribution < 1.29 is 13.2 Å². The van der Waals surface area contributed by atoms with E-state index in [0.717, 1.165) is 12.3 Å². The van der Waals surface area contributed by atoms with Crippen LogP contribution in [0.25, 0.3) is 0 Å². The molecule has 20 heavy (non-hydrogen) atoms. The van der Waals surface area contributed by atoms with Crippen LogP contribution in [0.1, 0.15) is 18.2 Å². The lowest BCUT2D eigenvalue weighted by Crippen LogP contribution is -2.06. The van der Waals surface area contributed by atoms with Crippen molar-refractivity contribution in [2.24, 2.45) is 5.10 Å². The Bertz CT molecular complexity index is 591. The van der Waals surface area contributed by atoms with Gasteiger partial charge in [-0.2, -0.15) is 18.3 Å². The summed E-state index contributed by atoms with van der Waals surface area (Å²) in [6, 6.07) is 7.54. The second-order valence-corrected chi connectivity index (χ2v) is 3.95. The monoisotopic (exact) mass is 280 g/mol. The molecule has 0 saturated heterocycles. The van der Waals surface area contributed by atoms with E-state index in [1.54, 1.807) is 25.3 Å². The summed E-state index contributed by atoms with van der Waals surface area (Å²) in [7, 11) is 0. The highest BCUT2D eigenvalue weighted by Gasteiger charge is 2.30. The molecule has 0 bridgehead atoms. The maximum atomic E-state index is 12.4. The van der Waals surface area contributed by atoms with E-state index in [2.05, 4.69) is 20.5 Å². The zero-order valence-corrected chi connectivity index (χ0v) is 10.5. The molecule has 104 valence electrons. The number of halogens is 3. The van der Waals surface area contributed by atoms with Crippen molar-refractivity contribution in [2.45, 2.75) is 13.1 Å². The summed E-state index contributed by atoms with van der Waals surface area (Å²) >= 11 is 0. The van der Waals surface area contributed by atoms with Gasteiger partial charge < -0.3 is 0 Å². The van der Waals surface area contributed by atoms with Crippen LogP contribution in [0.5, 0.6) is 0 Å². The first-order chi connectivity index (χ1) is 9.47. The van der Waals surface area contributed by atoms with E-state index in [1.807, 2.05) is 6.07 Å². The first kappa shape index (κ1) is 14.0. The van der Waals surface area contributed by atoms with Crippen LogP contribution < -0.4 is 5.43 Å². The second-order valence-electron chi connectivity index (χ2n) is 3.95. The van der Waals surface area contributed by atoms with Gasteiger partial charge in [0, 0.05) is 12.4 Å². The molecule has 0 aromatic carbocycles. The number of rotatable bonds is 3. The lowest BCUT2D eigenvalue weighted by Gasteiger charge is -2.06.